The second-order valence-electron chi connectivity index (χ2n) is 7.38. The van der Waals surface area contributed by atoms with E-state index >= 15 is 0 Å². The highest BCUT2D eigenvalue weighted by atomic mass is 16.2. The van der Waals surface area contributed by atoms with Gasteiger partial charge in [0.05, 0.1) is 6.04 Å². The Balaban J connectivity index is 1.56. The first-order chi connectivity index (χ1) is 13.1. The van der Waals surface area contributed by atoms with E-state index in [1.165, 1.54) is 0 Å². The Morgan fingerprint density at radius 2 is 1.70 bits per heavy atom. The van der Waals surface area contributed by atoms with Gasteiger partial charge in [0, 0.05) is 43.9 Å². The molecule has 5 nitrogen and oxygen atoms in total. The van der Waals surface area contributed by atoms with Crippen LogP contribution in [0.3, 0.4) is 0 Å². The van der Waals surface area contributed by atoms with Crippen molar-refractivity contribution in [3.63, 3.8) is 0 Å². The van der Waals surface area contributed by atoms with Gasteiger partial charge in [-0.1, -0.05) is 30.3 Å². The summed E-state index contributed by atoms with van der Waals surface area (Å²) in [6, 6.07) is 17.8. The van der Waals surface area contributed by atoms with Crippen LogP contribution in [0.4, 0.5) is 5.69 Å². The maximum Gasteiger partial charge on any atom is 0.254 e. The van der Waals surface area contributed by atoms with Gasteiger partial charge in [-0.2, -0.15) is 0 Å². The number of anilines is 1. The van der Waals surface area contributed by atoms with Gasteiger partial charge in [0.2, 0.25) is 5.91 Å². The maximum atomic E-state index is 13.2. The molecule has 0 spiro atoms. The molecule has 0 N–H and O–H groups in total. The van der Waals surface area contributed by atoms with E-state index in [4.69, 9.17) is 0 Å². The van der Waals surface area contributed by atoms with Crippen molar-refractivity contribution in [2.24, 2.45) is 0 Å². The third-order valence-corrected chi connectivity index (χ3v) is 5.53. The number of piperazine rings is 1. The Bertz CT molecular complexity index is 819. The molecule has 27 heavy (non-hydrogen) atoms. The fraction of sp³-hybridized carbons (Fsp3) is 0.364. The lowest BCUT2D eigenvalue weighted by atomic mass is 10.0. The predicted molar refractivity (Wildman–Crippen MR) is 106 cm³/mol. The molecule has 2 amide bonds. The lowest BCUT2D eigenvalue weighted by Crippen LogP contribution is -2.49. The van der Waals surface area contributed by atoms with Crippen LogP contribution in [0.2, 0.25) is 0 Å². The number of benzene rings is 2. The minimum atomic E-state index is 0.0521. The zero-order valence-electron chi connectivity index (χ0n) is 15.7. The summed E-state index contributed by atoms with van der Waals surface area (Å²) in [7, 11) is 2.10. The van der Waals surface area contributed by atoms with E-state index in [1.54, 1.807) is 4.90 Å². The second kappa shape index (κ2) is 7.53. The lowest BCUT2D eigenvalue weighted by molar-refractivity contribution is -0.117. The zero-order chi connectivity index (χ0) is 18.8. The van der Waals surface area contributed by atoms with Crippen LogP contribution >= 0.6 is 0 Å². The van der Waals surface area contributed by atoms with Crippen molar-refractivity contribution in [2.75, 3.05) is 38.1 Å². The van der Waals surface area contributed by atoms with E-state index in [-0.39, 0.29) is 17.9 Å². The minimum absolute atomic E-state index is 0.0521. The molecule has 0 bridgehead atoms. The van der Waals surface area contributed by atoms with Gasteiger partial charge in [0.25, 0.3) is 5.91 Å². The lowest BCUT2D eigenvalue weighted by Gasteiger charge is -2.40. The van der Waals surface area contributed by atoms with Crippen LogP contribution in [-0.2, 0) is 4.79 Å². The van der Waals surface area contributed by atoms with Gasteiger partial charge < -0.3 is 14.7 Å². The first-order valence-corrected chi connectivity index (χ1v) is 9.58. The molecule has 2 fully saturated rings. The Morgan fingerprint density at radius 3 is 2.37 bits per heavy atom. The Kier molecular flexibility index (Phi) is 4.94. The van der Waals surface area contributed by atoms with Crippen LogP contribution in [0.25, 0.3) is 0 Å². The van der Waals surface area contributed by atoms with Crippen LogP contribution < -0.4 is 4.90 Å². The topological polar surface area (TPSA) is 43.9 Å². The summed E-state index contributed by atoms with van der Waals surface area (Å²) in [5.41, 5.74) is 2.72. The predicted octanol–water partition coefficient (Wildman–Crippen LogP) is 2.94. The summed E-state index contributed by atoms with van der Waals surface area (Å²) in [5, 5.41) is 0. The Morgan fingerprint density at radius 1 is 0.963 bits per heavy atom. The van der Waals surface area contributed by atoms with Gasteiger partial charge in [-0.15, -0.1) is 0 Å². The minimum Gasteiger partial charge on any atom is -0.329 e. The molecule has 2 heterocycles. The number of carbonyl (C=O) groups is 2. The average molecular weight is 363 g/mol. The molecule has 5 heteroatoms. The largest absolute Gasteiger partial charge is 0.329 e. The molecular formula is C22H25N3O2. The van der Waals surface area contributed by atoms with E-state index in [0.29, 0.717) is 18.5 Å². The number of rotatable bonds is 3. The summed E-state index contributed by atoms with van der Waals surface area (Å²) >= 11 is 0. The summed E-state index contributed by atoms with van der Waals surface area (Å²) in [6.07, 6.45) is 1.51. The number of hydrogen-bond acceptors (Lipinski definition) is 3. The first-order valence-electron chi connectivity index (χ1n) is 9.58. The summed E-state index contributed by atoms with van der Waals surface area (Å²) in [6.45, 7) is 3.17. The van der Waals surface area contributed by atoms with Crippen LogP contribution in [0.5, 0.6) is 0 Å². The normalized spacial score (nSPS) is 20.9. The third kappa shape index (κ3) is 3.60. The number of amides is 2. The van der Waals surface area contributed by atoms with E-state index in [1.807, 2.05) is 47.4 Å². The Hall–Kier alpha value is -2.66. The van der Waals surface area contributed by atoms with Gasteiger partial charge in [0.15, 0.2) is 0 Å². The van der Waals surface area contributed by atoms with Crippen molar-refractivity contribution < 1.29 is 9.59 Å². The molecule has 0 radical (unpaired) electrons. The highest BCUT2D eigenvalue weighted by Crippen LogP contribution is 2.28. The van der Waals surface area contributed by atoms with E-state index < -0.39 is 0 Å². The molecule has 2 aliphatic rings. The molecule has 2 aliphatic heterocycles. The van der Waals surface area contributed by atoms with E-state index in [0.717, 1.165) is 37.3 Å². The van der Waals surface area contributed by atoms with Gasteiger partial charge in [-0.25, -0.2) is 0 Å². The van der Waals surface area contributed by atoms with Gasteiger partial charge in [0.1, 0.15) is 0 Å². The highest BCUT2D eigenvalue weighted by molar-refractivity contribution is 5.97. The molecule has 1 unspecified atom stereocenters. The molecular weight excluding hydrogens is 338 g/mol. The molecule has 2 aromatic carbocycles. The molecule has 0 aromatic heterocycles. The van der Waals surface area contributed by atoms with Crippen LogP contribution in [0.1, 0.15) is 34.8 Å². The van der Waals surface area contributed by atoms with Crippen molar-refractivity contribution in [2.45, 2.75) is 18.9 Å². The van der Waals surface area contributed by atoms with Crippen LogP contribution in [0.15, 0.2) is 54.6 Å². The number of likely N-dealkylation sites (N-methyl/N-ethyl adjacent to an activating group) is 1. The summed E-state index contributed by atoms with van der Waals surface area (Å²) < 4.78 is 0. The van der Waals surface area contributed by atoms with Gasteiger partial charge in [-0.3, -0.25) is 9.59 Å². The summed E-state index contributed by atoms with van der Waals surface area (Å²) in [5.74, 6) is 0.216. The fourth-order valence-electron chi connectivity index (χ4n) is 3.99. The molecule has 0 aliphatic carbocycles. The molecule has 140 valence electrons. The number of hydrogen-bond donors (Lipinski definition) is 0. The molecule has 0 saturated carbocycles. The third-order valence-electron chi connectivity index (χ3n) is 5.53. The SMILES string of the molecule is CN1CCN(C(=O)c2ccc(N3CCCC3=O)cc2)C(c2ccccc2)C1. The first kappa shape index (κ1) is 17.7. The number of carbonyl (C=O) groups excluding carboxylic acids is 2. The summed E-state index contributed by atoms with van der Waals surface area (Å²) in [4.78, 5) is 31.2. The van der Waals surface area contributed by atoms with Gasteiger partial charge in [-0.05, 0) is 43.3 Å². The highest BCUT2D eigenvalue weighted by Gasteiger charge is 2.31. The van der Waals surface area contributed by atoms with Crippen molar-refractivity contribution >= 4 is 17.5 Å². The molecule has 2 aromatic rings. The molecule has 2 saturated heterocycles. The van der Waals surface area contributed by atoms with Gasteiger partial charge >= 0.3 is 0 Å². The van der Waals surface area contributed by atoms with E-state index in [2.05, 4.69) is 24.1 Å². The molecule has 1 atom stereocenters. The fourth-order valence-corrected chi connectivity index (χ4v) is 3.99. The van der Waals surface area contributed by atoms with Crippen LogP contribution in [-0.4, -0.2) is 54.8 Å². The second-order valence-corrected chi connectivity index (χ2v) is 7.38. The average Bonchev–Trinajstić information content (AvgIpc) is 3.14. The monoisotopic (exact) mass is 363 g/mol. The standard InChI is InChI=1S/C22H25N3O2/c1-23-14-15-25(20(16-23)17-6-3-2-4-7-17)22(27)18-9-11-19(12-10-18)24-13-5-8-21(24)26/h2-4,6-7,9-12,20H,5,8,13-16H2,1H3. The quantitative estimate of drug-likeness (QED) is 0.842. The van der Waals surface area contributed by atoms with Crippen molar-refractivity contribution in [3.05, 3.63) is 65.7 Å². The zero-order valence-corrected chi connectivity index (χ0v) is 15.7. The maximum absolute atomic E-state index is 13.2. The smallest absolute Gasteiger partial charge is 0.254 e. The number of nitrogens with zero attached hydrogens (tertiary/aromatic N) is 3. The van der Waals surface area contributed by atoms with Crippen molar-refractivity contribution in [3.8, 4) is 0 Å². The van der Waals surface area contributed by atoms with Crippen molar-refractivity contribution in [1.82, 2.24) is 9.80 Å². The molecule has 4 rings (SSSR count). The van der Waals surface area contributed by atoms with E-state index in [9.17, 15) is 9.59 Å². The Labute approximate surface area is 160 Å². The van der Waals surface area contributed by atoms with Crippen molar-refractivity contribution in [1.29, 1.82) is 0 Å². The van der Waals surface area contributed by atoms with Crippen LogP contribution in [0, 0.1) is 0 Å².